The standard InChI is InChI=1S/C14H20N2O2/c1-10-2-5-14(18,6-3-10)12(17)8-11-4-7-16-13(15)9-11/h4,7,9-10,18H,2-3,5-6,8H2,1H3,(H2,15,16). The van der Waals surface area contributed by atoms with Crippen LogP contribution >= 0.6 is 0 Å². The molecule has 0 radical (unpaired) electrons. The van der Waals surface area contributed by atoms with Crippen molar-refractivity contribution in [2.24, 2.45) is 5.92 Å². The molecule has 0 aliphatic heterocycles. The normalized spacial score (nSPS) is 28.0. The minimum absolute atomic E-state index is 0.0972. The summed E-state index contributed by atoms with van der Waals surface area (Å²) < 4.78 is 0. The molecule has 3 N–H and O–H groups in total. The maximum absolute atomic E-state index is 12.2. The molecule has 0 unspecified atom stereocenters. The van der Waals surface area contributed by atoms with E-state index in [0.717, 1.165) is 18.4 Å². The quantitative estimate of drug-likeness (QED) is 0.854. The van der Waals surface area contributed by atoms with Crippen LogP contribution in [-0.4, -0.2) is 21.5 Å². The van der Waals surface area contributed by atoms with Crippen LogP contribution in [0.25, 0.3) is 0 Å². The van der Waals surface area contributed by atoms with Gasteiger partial charge in [0.1, 0.15) is 11.4 Å². The second-order valence-electron chi connectivity index (χ2n) is 5.40. The van der Waals surface area contributed by atoms with Crippen molar-refractivity contribution >= 4 is 11.6 Å². The number of aliphatic hydroxyl groups is 1. The highest BCUT2D eigenvalue weighted by Crippen LogP contribution is 2.33. The first-order valence-electron chi connectivity index (χ1n) is 6.46. The average Bonchev–Trinajstić information content (AvgIpc) is 2.33. The van der Waals surface area contributed by atoms with E-state index in [-0.39, 0.29) is 12.2 Å². The molecule has 18 heavy (non-hydrogen) atoms. The largest absolute Gasteiger partial charge is 0.384 e. The molecule has 0 saturated heterocycles. The number of nitrogens with zero attached hydrogens (tertiary/aromatic N) is 1. The Kier molecular flexibility index (Phi) is 3.66. The maximum Gasteiger partial charge on any atom is 0.168 e. The number of nitrogens with two attached hydrogens (primary N) is 1. The number of hydrogen-bond acceptors (Lipinski definition) is 4. The lowest BCUT2D eigenvalue weighted by Crippen LogP contribution is -2.42. The summed E-state index contributed by atoms with van der Waals surface area (Å²) in [4.78, 5) is 16.1. The molecule has 1 aliphatic rings. The molecule has 1 saturated carbocycles. The van der Waals surface area contributed by atoms with E-state index in [1.165, 1.54) is 0 Å². The molecule has 1 aliphatic carbocycles. The lowest BCUT2D eigenvalue weighted by atomic mass is 9.76. The van der Waals surface area contributed by atoms with E-state index < -0.39 is 5.60 Å². The number of anilines is 1. The van der Waals surface area contributed by atoms with Crippen molar-refractivity contribution in [1.82, 2.24) is 4.98 Å². The smallest absolute Gasteiger partial charge is 0.168 e. The monoisotopic (exact) mass is 248 g/mol. The highest BCUT2D eigenvalue weighted by molar-refractivity contribution is 5.89. The van der Waals surface area contributed by atoms with Crippen LogP contribution in [0.2, 0.25) is 0 Å². The summed E-state index contributed by atoms with van der Waals surface area (Å²) in [6, 6.07) is 3.45. The second kappa shape index (κ2) is 5.06. The lowest BCUT2D eigenvalue weighted by molar-refractivity contribution is -0.140. The summed E-state index contributed by atoms with van der Waals surface area (Å²) in [6.07, 6.45) is 4.81. The molecule has 1 aromatic rings. The summed E-state index contributed by atoms with van der Waals surface area (Å²) in [5.74, 6) is 0.916. The Morgan fingerprint density at radius 1 is 1.56 bits per heavy atom. The van der Waals surface area contributed by atoms with Crippen molar-refractivity contribution < 1.29 is 9.90 Å². The summed E-state index contributed by atoms with van der Waals surface area (Å²) in [5, 5.41) is 10.4. The molecule has 0 aromatic carbocycles. The van der Waals surface area contributed by atoms with Crippen LogP contribution in [-0.2, 0) is 11.2 Å². The van der Waals surface area contributed by atoms with Gasteiger partial charge < -0.3 is 10.8 Å². The number of rotatable bonds is 3. The fraction of sp³-hybridized carbons (Fsp3) is 0.571. The van der Waals surface area contributed by atoms with Crippen LogP contribution in [0.15, 0.2) is 18.3 Å². The first-order valence-corrected chi connectivity index (χ1v) is 6.46. The van der Waals surface area contributed by atoms with E-state index in [2.05, 4.69) is 11.9 Å². The maximum atomic E-state index is 12.2. The predicted octanol–water partition coefficient (Wildman–Crippen LogP) is 1.72. The van der Waals surface area contributed by atoms with Crippen LogP contribution in [0, 0.1) is 5.92 Å². The molecule has 4 nitrogen and oxygen atoms in total. The van der Waals surface area contributed by atoms with Gasteiger partial charge in [0.2, 0.25) is 0 Å². The average molecular weight is 248 g/mol. The van der Waals surface area contributed by atoms with Gasteiger partial charge in [-0.15, -0.1) is 0 Å². The minimum Gasteiger partial charge on any atom is -0.384 e. The van der Waals surface area contributed by atoms with Gasteiger partial charge in [0.05, 0.1) is 0 Å². The van der Waals surface area contributed by atoms with Gasteiger partial charge in [0, 0.05) is 12.6 Å². The Bertz CT molecular complexity index is 437. The van der Waals surface area contributed by atoms with Gasteiger partial charge in [-0.25, -0.2) is 4.98 Å². The summed E-state index contributed by atoms with van der Waals surface area (Å²) in [7, 11) is 0. The Balaban J connectivity index is 2.03. The van der Waals surface area contributed by atoms with Gasteiger partial charge in [-0.05, 0) is 49.3 Å². The Hall–Kier alpha value is -1.42. The van der Waals surface area contributed by atoms with E-state index in [1.807, 2.05) is 0 Å². The molecule has 0 amide bonds. The molecule has 0 bridgehead atoms. The van der Waals surface area contributed by atoms with Crippen LogP contribution in [0.5, 0.6) is 0 Å². The van der Waals surface area contributed by atoms with E-state index in [0.29, 0.717) is 24.6 Å². The van der Waals surface area contributed by atoms with E-state index >= 15 is 0 Å². The molecular formula is C14H20N2O2. The number of hydrogen-bond donors (Lipinski definition) is 2. The highest BCUT2D eigenvalue weighted by Gasteiger charge is 2.38. The summed E-state index contributed by atoms with van der Waals surface area (Å²) in [6.45, 7) is 2.16. The third-order valence-electron chi connectivity index (χ3n) is 3.83. The second-order valence-corrected chi connectivity index (χ2v) is 5.40. The van der Waals surface area contributed by atoms with Crippen LogP contribution < -0.4 is 5.73 Å². The predicted molar refractivity (Wildman–Crippen MR) is 69.9 cm³/mol. The molecule has 98 valence electrons. The van der Waals surface area contributed by atoms with Crippen molar-refractivity contribution in [3.05, 3.63) is 23.9 Å². The van der Waals surface area contributed by atoms with Gasteiger partial charge in [0.15, 0.2) is 5.78 Å². The van der Waals surface area contributed by atoms with Crippen molar-refractivity contribution in [2.45, 2.75) is 44.6 Å². The third-order valence-corrected chi connectivity index (χ3v) is 3.83. The number of carbonyl (C=O) groups is 1. The highest BCUT2D eigenvalue weighted by atomic mass is 16.3. The molecular weight excluding hydrogens is 228 g/mol. The fourth-order valence-electron chi connectivity index (χ4n) is 2.47. The number of aromatic nitrogens is 1. The molecule has 0 atom stereocenters. The van der Waals surface area contributed by atoms with Crippen LogP contribution in [0.4, 0.5) is 5.82 Å². The van der Waals surface area contributed by atoms with Gasteiger partial charge in [0.25, 0.3) is 0 Å². The minimum atomic E-state index is -1.13. The number of carbonyl (C=O) groups excluding carboxylic acids is 1. The number of ketones is 1. The van der Waals surface area contributed by atoms with Crippen molar-refractivity contribution in [1.29, 1.82) is 0 Å². The molecule has 1 fully saturated rings. The van der Waals surface area contributed by atoms with E-state index in [1.54, 1.807) is 18.3 Å². The zero-order valence-corrected chi connectivity index (χ0v) is 10.7. The molecule has 1 heterocycles. The Labute approximate surface area is 107 Å². The van der Waals surface area contributed by atoms with Gasteiger partial charge in [-0.1, -0.05) is 6.92 Å². The number of pyridine rings is 1. The SMILES string of the molecule is CC1CCC(O)(C(=O)Cc2ccnc(N)c2)CC1. The van der Waals surface area contributed by atoms with Crippen molar-refractivity contribution in [3.63, 3.8) is 0 Å². The molecule has 4 heteroatoms. The van der Waals surface area contributed by atoms with Crippen molar-refractivity contribution in [2.75, 3.05) is 5.73 Å². The summed E-state index contributed by atoms with van der Waals surface area (Å²) in [5.41, 5.74) is 5.26. The van der Waals surface area contributed by atoms with Crippen LogP contribution in [0.1, 0.15) is 38.2 Å². The molecule has 1 aromatic heterocycles. The first-order chi connectivity index (χ1) is 8.49. The van der Waals surface area contributed by atoms with Crippen molar-refractivity contribution in [3.8, 4) is 0 Å². The zero-order valence-electron chi connectivity index (χ0n) is 10.7. The zero-order chi connectivity index (χ0) is 13.2. The number of Topliss-reactive ketones (excluding diaryl/α,β-unsaturated/α-hetero) is 1. The van der Waals surface area contributed by atoms with Gasteiger partial charge >= 0.3 is 0 Å². The molecule has 2 rings (SSSR count). The fourth-order valence-corrected chi connectivity index (χ4v) is 2.47. The lowest BCUT2D eigenvalue weighted by Gasteiger charge is -2.33. The number of nitrogen functional groups attached to an aromatic ring is 1. The van der Waals surface area contributed by atoms with E-state index in [9.17, 15) is 9.90 Å². The third kappa shape index (κ3) is 2.88. The Morgan fingerprint density at radius 2 is 2.22 bits per heavy atom. The molecule has 0 spiro atoms. The van der Waals surface area contributed by atoms with Gasteiger partial charge in [-0.3, -0.25) is 4.79 Å². The topological polar surface area (TPSA) is 76.2 Å². The first kappa shape index (κ1) is 13.0. The van der Waals surface area contributed by atoms with Gasteiger partial charge in [-0.2, -0.15) is 0 Å². The van der Waals surface area contributed by atoms with Crippen LogP contribution in [0.3, 0.4) is 0 Å². The van der Waals surface area contributed by atoms with E-state index in [4.69, 9.17) is 5.73 Å². The Morgan fingerprint density at radius 3 is 2.83 bits per heavy atom. The summed E-state index contributed by atoms with van der Waals surface area (Å²) >= 11 is 0.